The first kappa shape index (κ1) is 16.4. The largest absolute Gasteiger partial charge is 0.350 e. The van der Waals surface area contributed by atoms with Crippen LogP contribution in [0, 0.1) is 6.92 Å². The van der Waals surface area contributed by atoms with Crippen LogP contribution in [0.4, 0.5) is 0 Å². The minimum atomic E-state index is -0.597. The Labute approximate surface area is 142 Å². The Kier molecular flexibility index (Phi) is 4.34. The number of H-pyrrole nitrogens is 2. The van der Waals surface area contributed by atoms with E-state index in [1.807, 2.05) is 42.1 Å². The molecule has 0 unspecified atom stereocenters. The van der Waals surface area contributed by atoms with Crippen molar-refractivity contribution in [3.05, 3.63) is 68.1 Å². The number of aromatic nitrogens is 3. The molecule has 2 aromatic heterocycles. The number of hydrogen-bond donors (Lipinski definition) is 3. The van der Waals surface area contributed by atoms with Gasteiger partial charge in [-0.1, -0.05) is 18.2 Å². The molecule has 0 radical (unpaired) electrons. The van der Waals surface area contributed by atoms with Crippen LogP contribution in [0.3, 0.4) is 0 Å². The average Bonchev–Trinajstić information content (AvgIpc) is 2.88. The zero-order chi connectivity index (χ0) is 18.0. The normalized spacial score (nSPS) is 11.3. The van der Waals surface area contributed by atoms with E-state index in [1.54, 1.807) is 13.1 Å². The Hall–Kier alpha value is -3.42. The van der Waals surface area contributed by atoms with Gasteiger partial charge in [0.05, 0.1) is 12.6 Å². The van der Waals surface area contributed by atoms with Gasteiger partial charge in [0.25, 0.3) is 5.56 Å². The molecule has 0 aliphatic rings. The molecular weight excluding hydrogens is 322 g/mol. The maximum absolute atomic E-state index is 12.0. The first-order valence-corrected chi connectivity index (χ1v) is 7.64. The number of rotatable bonds is 4. The van der Waals surface area contributed by atoms with Crippen LogP contribution < -0.4 is 16.7 Å². The topological polar surface area (TPSA) is 112 Å². The third-order valence-electron chi connectivity index (χ3n) is 3.91. The van der Waals surface area contributed by atoms with Gasteiger partial charge in [-0.3, -0.25) is 14.6 Å². The summed E-state index contributed by atoms with van der Waals surface area (Å²) in [6.45, 7) is 1.57. The summed E-state index contributed by atoms with van der Waals surface area (Å²) in [5, 5.41) is 4.98. The predicted octanol–water partition coefficient (Wildman–Crippen LogP) is 0.556. The van der Waals surface area contributed by atoms with E-state index in [0.29, 0.717) is 5.69 Å². The molecular formula is C17H17N5O3. The highest BCUT2D eigenvalue weighted by Crippen LogP contribution is 2.18. The van der Waals surface area contributed by atoms with Crippen molar-refractivity contribution >= 4 is 23.0 Å². The molecule has 3 N–H and O–H groups in total. The summed E-state index contributed by atoms with van der Waals surface area (Å²) in [6, 6.07) is 7.86. The van der Waals surface area contributed by atoms with Crippen molar-refractivity contribution in [1.82, 2.24) is 20.0 Å². The molecule has 2 heterocycles. The Morgan fingerprint density at radius 1 is 1.28 bits per heavy atom. The van der Waals surface area contributed by atoms with Crippen LogP contribution in [0.5, 0.6) is 0 Å². The second-order valence-electron chi connectivity index (χ2n) is 5.69. The molecule has 0 saturated heterocycles. The number of hydrazone groups is 1. The van der Waals surface area contributed by atoms with Crippen molar-refractivity contribution in [2.24, 2.45) is 12.1 Å². The van der Waals surface area contributed by atoms with Crippen molar-refractivity contribution in [1.29, 1.82) is 0 Å². The Morgan fingerprint density at radius 2 is 2.04 bits per heavy atom. The highest BCUT2D eigenvalue weighted by atomic mass is 16.2. The summed E-state index contributed by atoms with van der Waals surface area (Å²) in [5.41, 5.74) is 3.73. The first-order valence-electron chi connectivity index (χ1n) is 7.64. The number of amides is 1. The van der Waals surface area contributed by atoms with Gasteiger partial charge in [-0.25, -0.2) is 10.2 Å². The van der Waals surface area contributed by atoms with Gasteiger partial charge in [0.2, 0.25) is 5.91 Å². The summed E-state index contributed by atoms with van der Waals surface area (Å²) in [4.78, 5) is 39.4. The second-order valence-corrected chi connectivity index (χ2v) is 5.69. The Morgan fingerprint density at radius 3 is 2.80 bits per heavy atom. The molecule has 1 amide bonds. The van der Waals surface area contributed by atoms with E-state index < -0.39 is 17.2 Å². The minimum absolute atomic E-state index is 0.176. The molecule has 1 aromatic carbocycles. The summed E-state index contributed by atoms with van der Waals surface area (Å²) in [5.74, 6) is -0.447. The van der Waals surface area contributed by atoms with Crippen molar-refractivity contribution in [3.63, 3.8) is 0 Å². The maximum Gasteiger partial charge on any atom is 0.325 e. The van der Waals surface area contributed by atoms with E-state index in [9.17, 15) is 14.4 Å². The predicted molar refractivity (Wildman–Crippen MR) is 94.8 cm³/mol. The Bertz CT molecular complexity index is 1090. The first-order chi connectivity index (χ1) is 12.0. The SMILES string of the molecule is Cc1[nH]c(=O)[nH]c(=O)c1CC(=O)N/N=C\c1cn(C)c2ccccc12. The van der Waals surface area contributed by atoms with Gasteiger partial charge in [0, 0.05) is 41.0 Å². The highest BCUT2D eigenvalue weighted by Gasteiger charge is 2.11. The number of hydrogen-bond acceptors (Lipinski definition) is 4. The molecule has 3 rings (SSSR count). The summed E-state index contributed by atoms with van der Waals surface area (Å²) >= 11 is 0. The molecule has 0 fully saturated rings. The van der Waals surface area contributed by atoms with E-state index >= 15 is 0 Å². The van der Waals surface area contributed by atoms with Crippen LogP contribution in [-0.2, 0) is 18.3 Å². The highest BCUT2D eigenvalue weighted by molar-refractivity contribution is 5.99. The average molecular weight is 339 g/mol. The van der Waals surface area contributed by atoms with Gasteiger partial charge in [-0.05, 0) is 13.0 Å². The van der Waals surface area contributed by atoms with E-state index in [0.717, 1.165) is 16.5 Å². The summed E-state index contributed by atoms with van der Waals surface area (Å²) in [7, 11) is 1.93. The molecule has 0 saturated carbocycles. The maximum atomic E-state index is 12.0. The van der Waals surface area contributed by atoms with E-state index in [-0.39, 0.29) is 12.0 Å². The molecule has 8 nitrogen and oxygen atoms in total. The van der Waals surface area contributed by atoms with Crippen LogP contribution in [0.15, 0.2) is 45.2 Å². The number of carbonyl (C=O) groups excluding carboxylic acids is 1. The monoisotopic (exact) mass is 339 g/mol. The van der Waals surface area contributed by atoms with Crippen molar-refractivity contribution < 1.29 is 4.79 Å². The number of benzene rings is 1. The molecule has 0 aliphatic heterocycles. The zero-order valence-electron chi connectivity index (χ0n) is 13.8. The third kappa shape index (κ3) is 3.42. The molecule has 8 heteroatoms. The van der Waals surface area contributed by atoms with Gasteiger partial charge in [0.1, 0.15) is 0 Å². The molecule has 3 aromatic rings. The molecule has 25 heavy (non-hydrogen) atoms. The van der Waals surface area contributed by atoms with Crippen LogP contribution in [-0.4, -0.2) is 26.7 Å². The third-order valence-corrected chi connectivity index (χ3v) is 3.91. The smallest absolute Gasteiger partial charge is 0.325 e. The second kappa shape index (κ2) is 6.60. The molecule has 0 bridgehead atoms. The number of nitrogens with zero attached hydrogens (tertiary/aromatic N) is 2. The van der Waals surface area contributed by atoms with E-state index in [1.165, 1.54) is 0 Å². The van der Waals surface area contributed by atoms with Crippen molar-refractivity contribution in [2.45, 2.75) is 13.3 Å². The lowest BCUT2D eigenvalue weighted by Crippen LogP contribution is -2.30. The standard InChI is InChI=1S/C17H17N5O3/c1-10-13(16(24)20-17(25)19-10)7-15(23)21-18-8-11-9-22(2)14-6-4-3-5-12(11)14/h3-6,8-9H,7H2,1-2H3,(H,21,23)(H2,19,20,24,25)/b18-8-. The summed E-state index contributed by atoms with van der Waals surface area (Å²) < 4.78 is 1.97. The fourth-order valence-corrected chi connectivity index (χ4v) is 2.69. The van der Waals surface area contributed by atoms with Crippen molar-refractivity contribution in [2.75, 3.05) is 0 Å². The van der Waals surface area contributed by atoms with Crippen LogP contribution in [0.25, 0.3) is 10.9 Å². The number of aromatic amines is 2. The number of nitrogens with one attached hydrogen (secondary N) is 3. The lowest BCUT2D eigenvalue weighted by atomic mass is 10.1. The van der Waals surface area contributed by atoms with E-state index in [4.69, 9.17) is 0 Å². The number of para-hydroxylation sites is 1. The lowest BCUT2D eigenvalue weighted by Gasteiger charge is -2.02. The zero-order valence-corrected chi connectivity index (χ0v) is 13.8. The van der Waals surface area contributed by atoms with Crippen molar-refractivity contribution in [3.8, 4) is 0 Å². The van der Waals surface area contributed by atoms with E-state index in [2.05, 4.69) is 20.5 Å². The minimum Gasteiger partial charge on any atom is -0.350 e. The number of aryl methyl sites for hydroxylation is 2. The van der Waals surface area contributed by atoms with Gasteiger partial charge < -0.3 is 9.55 Å². The molecule has 0 atom stereocenters. The molecule has 0 aliphatic carbocycles. The lowest BCUT2D eigenvalue weighted by molar-refractivity contribution is -0.120. The van der Waals surface area contributed by atoms with Crippen LogP contribution in [0.1, 0.15) is 16.8 Å². The Balaban J connectivity index is 1.73. The summed E-state index contributed by atoms with van der Waals surface area (Å²) in [6.07, 6.45) is 3.30. The van der Waals surface area contributed by atoms with Gasteiger partial charge in [0.15, 0.2) is 0 Å². The van der Waals surface area contributed by atoms with Gasteiger partial charge in [-0.15, -0.1) is 0 Å². The van der Waals surface area contributed by atoms with Gasteiger partial charge >= 0.3 is 5.69 Å². The van der Waals surface area contributed by atoms with Gasteiger partial charge in [-0.2, -0.15) is 5.10 Å². The molecule has 128 valence electrons. The fourth-order valence-electron chi connectivity index (χ4n) is 2.69. The van der Waals surface area contributed by atoms with Crippen LogP contribution in [0.2, 0.25) is 0 Å². The quantitative estimate of drug-likeness (QED) is 0.477. The fraction of sp³-hybridized carbons (Fsp3) is 0.176. The van der Waals surface area contributed by atoms with Crippen LogP contribution >= 0.6 is 0 Å². The number of fused-ring (bicyclic) bond motifs is 1. The number of carbonyl (C=O) groups is 1. The molecule has 0 spiro atoms.